The third kappa shape index (κ3) is 2.19. The highest BCUT2D eigenvalue weighted by Crippen LogP contribution is 2.72. The van der Waals surface area contributed by atoms with Crippen LogP contribution in [0.2, 0.25) is 18.1 Å². The van der Waals surface area contributed by atoms with E-state index in [1.54, 1.807) is 0 Å². The topological polar surface area (TPSA) is 62.2 Å². The summed E-state index contributed by atoms with van der Waals surface area (Å²) in [5, 5.41) is 22.0. The lowest BCUT2D eigenvalue weighted by atomic mass is 9.56. The Morgan fingerprint density at radius 2 is 1.44 bits per heavy atom. The van der Waals surface area contributed by atoms with Gasteiger partial charge in [0.1, 0.15) is 5.60 Å². The molecule has 2 N–H and O–H groups in total. The van der Waals surface area contributed by atoms with Gasteiger partial charge < -0.3 is 19.4 Å². The summed E-state index contributed by atoms with van der Waals surface area (Å²) >= 11 is 0. The van der Waals surface area contributed by atoms with Crippen LogP contribution in [0.1, 0.15) is 53.9 Å². The zero-order valence-electron chi connectivity index (χ0n) is 16.9. The van der Waals surface area contributed by atoms with Crippen molar-refractivity contribution in [3.63, 3.8) is 0 Å². The number of hydrogen-bond acceptors (Lipinski definition) is 4. The predicted molar refractivity (Wildman–Crippen MR) is 99.8 cm³/mol. The van der Waals surface area contributed by atoms with E-state index < -0.39 is 20.5 Å². The Morgan fingerprint density at radius 1 is 1.00 bits per heavy atom. The highest BCUT2D eigenvalue weighted by Gasteiger charge is 2.83. The van der Waals surface area contributed by atoms with Gasteiger partial charge >= 0.3 is 0 Å². The quantitative estimate of drug-likeness (QED) is 0.580. The summed E-state index contributed by atoms with van der Waals surface area (Å²) in [5.41, 5.74) is -0.578. The maximum Gasteiger partial charge on any atom is 0.192 e. The molecule has 0 aromatic rings. The van der Waals surface area contributed by atoms with Crippen molar-refractivity contribution in [3.8, 4) is 0 Å². The molecular weight excluding hydrogens is 332 g/mol. The third-order valence-corrected chi connectivity index (χ3v) is 13.0. The van der Waals surface area contributed by atoms with Crippen LogP contribution in [0.5, 0.6) is 0 Å². The van der Waals surface area contributed by atoms with E-state index in [4.69, 9.17) is 9.16 Å². The van der Waals surface area contributed by atoms with Gasteiger partial charge in [-0.2, -0.15) is 0 Å². The Labute approximate surface area is 153 Å². The van der Waals surface area contributed by atoms with Gasteiger partial charge in [0.05, 0.1) is 23.9 Å². The predicted octanol–water partition coefficient (Wildman–Crippen LogP) is 3.32. The molecule has 0 aromatic carbocycles. The van der Waals surface area contributed by atoms with E-state index in [2.05, 4.69) is 47.7 Å². The molecule has 144 valence electrons. The van der Waals surface area contributed by atoms with Crippen molar-refractivity contribution in [2.75, 3.05) is 0 Å². The van der Waals surface area contributed by atoms with Gasteiger partial charge in [-0.1, -0.05) is 27.2 Å². The summed E-state index contributed by atoms with van der Waals surface area (Å²) in [6, 6.07) is 0. The molecule has 4 fully saturated rings. The second-order valence-corrected chi connectivity index (χ2v) is 15.8. The lowest BCUT2D eigenvalue weighted by Crippen LogP contribution is -2.59. The van der Waals surface area contributed by atoms with E-state index in [0.29, 0.717) is 11.8 Å². The number of epoxide rings is 1. The molecule has 1 heterocycles. The molecule has 0 radical (unpaired) electrons. The second kappa shape index (κ2) is 5.10. The fraction of sp³-hybridized carbons (Fsp3) is 1.00. The zero-order valence-corrected chi connectivity index (χ0v) is 17.9. The molecule has 2 unspecified atom stereocenters. The van der Waals surface area contributed by atoms with E-state index in [1.165, 1.54) is 6.42 Å². The number of aliphatic hydroxyl groups is 2. The van der Waals surface area contributed by atoms with Crippen molar-refractivity contribution < 1.29 is 19.4 Å². The molecule has 3 aliphatic carbocycles. The van der Waals surface area contributed by atoms with E-state index in [9.17, 15) is 10.2 Å². The van der Waals surface area contributed by atoms with Crippen molar-refractivity contribution >= 4 is 8.32 Å². The maximum atomic E-state index is 10.9. The normalized spacial score (nSPS) is 51.0. The fourth-order valence-electron chi connectivity index (χ4n) is 6.33. The van der Waals surface area contributed by atoms with E-state index >= 15 is 0 Å². The van der Waals surface area contributed by atoms with Gasteiger partial charge in [0.15, 0.2) is 8.32 Å². The molecule has 1 saturated heterocycles. The zero-order chi connectivity index (χ0) is 18.6. The van der Waals surface area contributed by atoms with E-state index in [0.717, 1.165) is 12.8 Å². The van der Waals surface area contributed by atoms with Crippen molar-refractivity contribution in [3.05, 3.63) is 0 Å². The van der Waals surface area contributed by atoms with Crippen LogP contribution in [-0.4, -0.2) is 48.0 Å². The molecular formula is C20H36O4Si. The van der Waals surface area contributed by atoms with Gasteiger partial charge in [-0.3, -0.25) is 0 Å². The van der Waals surface area contributed by atoms with Crippen LogP contribution >= 0.6 is 0 Å². The molecule has 0 amide bonds. The molecule has 1 spiro atoms. The molecule has 8 atom stereocenters. The summed E-state index contributed by atoms with van der Waals surface area (Å²) in [4.78, 5) is 0. The lowest BCUT2D eigenvalue weighted by molar-refractivity contribution is -0.0974. The minimum atomic E-state index is -1.90. The third-order valence-electron chi connectivity index (χ3n) is 8.48. The summed E-state index contributed by atoms with van der Waals surface area (Å²) in [6.45, 7) is 15.7. The van der Waals surface area contributed by atoms with E-state index in [1.807, 2.05) is 0 Å². The van der Waals surface area contributed by atoms with Gasteiger partial charge in [-0.05, 0) is 56.7 Å². The van der Waals surface area contributed by atoms with Crippen LogP contribution in [0.15, 0.2) is 0 Å². The van der Waals surface area contributed by atoms with Crippen molar-refractivity contribution in [2.24, 2.45) is 23.7 Å². The van der Waals surface area contributed by atoms with Crippen molar-refractivity contribution in [2.45, 2.75) is 102 Å². The van der Waals surface area contributed by atoms with Crippen LogP contribution in [0.4, 0.5) is 0 Å². The van der Waals surface area contributed by atoms with Crippen LogP contribution in [0, 0.1) is 23.7 Å². The molecule has 4 aliphatic rings. The van der Waals surface area contributed by atoms with Gasteiger partial charge in [0, 0.05) is 11.8 Å². The summed E-state index contributed by atoms with van der Waals surface area (Å²) in [5.74, 6) is 0.624. The summed E-state index contributed by atoms with van der Waals surface area (Å²) in [6.07, 6.45) is 2.16. The lowest BCUT2D eigenvalue weighted by Gasteiger charge is -2.53. The molecule has 4 rings (SSSR count). The van der Waals surface area contributed by atoms with Gasteiger partial charge in [0.2, 0.25) is 0 Å². The Hall–Kier alpha value is 0.0569. The molecule has 5 heteroatoms. The van der Waals surface area contributed by atoms with Crippen LogP contribution in [0.25, 0.3) is 0 Å². The molecule has 1 aliphatic heterocycles. The van der Waals surface area contributed by atoms with E-state index in [-0.39, 0.29) is 34.2 Å². The first kappa shape index (κ1) is 18.4. The Bertz CT molecular complexity index is 543. The average molecular weight is 369 g/mol. The fourth-order valence-corrected chi connectivity index (χ4v) is 7.71. The molecule has 25 heavy (non-hydrogen) atoms. The first-order valence-corrected chi connectivity index (χ1v) is 13.0. The van der Waals surface area contributed by atoms with Crippen LogP contribution < -0.4 is 0 Å². The monoisotopic (exact) mass is 368 g/mol. The molecule has 3 saturated carbocycles. The van der Waals surface area contributed by atoms with Crippen LogP contribution in [0.3, 0.4) is 0 Å². The Kier molecular flexibility index (Phi) is 3.76. The van der Waals surface area contributed by atoms with Gasteiger partial charge in [-0.15, -0.1) is 0 Å². The highest BCUT2D eigenvalue weighted by molar-refractivity contribution is 6.74. The number of rotatable bonds is 2. The van der Waals surface area contributed by atoms with Crippen LogP contribution in [-0.2, 0) is 9.16 Å². The summed E-state index contributed by atoms with van der Waals surface area (Å²) < 4.78 is 13.2. The number of fused-ring (bicyclic) bond motifs is 4. The minimum Gasteiger partial charge on any atom is -0.413 e. The number of aliphatic hydroxyl groups excluding tert-OH is 2. The number of hydrogen-bond donors (Lipinski definition) is 2. The standard InChI is InChI=1S/C20H36O4Si/c1-18(2,3)25(6,7)23-17-11-9-8-10-12(17)14-16(22)15(21)13(11)20(14)19(4,5)24-20/h11-17,21-22H,8-10H2,1-7H3/t11-,12+,13+,14-,15+,16-,17?,20?. The molecule has 4 nitrogen and oxygen atoms in total. The smallest absolute Gasteiger partial charge is 0.192 e. The maximum absolute atomic E-state index is 10.9. The highest BCUT2D eigenvalue weighted by atomic mass is 28.4. The largest absolute Gasteiger partial charge is 0.413 e. The molecule has 4 bridgehead atoms. The summed E-state index contributed by atoms with van der Waals surface area (Å²) in [7, 11) is -1.90. The van der Waals surface area contributed by atoms with Crippen molar-refractivity contribution in [1.29, 1.82) is 0 Å². The first-order chi connectivity index (χ1) is 11.4. The first-order valence-electron chi connectivity index (χ1n) is 10.1. The van der Waals surface area contributed by atoms with Gasteiger partial charge in [-0.25, -0.2) is 0 Å². The van der Waals surface area contributed by atoms with Crippen molar-refractivity contribution in [1.82, 2.24) is 0 Å². The molecule has 0 aromatic heterocycles. The number of ether oxygens (including phenoxy) is 1. The average Bonchev–Trinajstić information content (AvgIpc) is 2.93. The SMILES string of the molecule is CC1(C)OC12[C@@H]1[C@H](O)[C@H](O)[C@H]2[C@@H]2CCC[C@H]1C2O[Si](C)(C)C(C)(C)C. The Balaban J connectivity index is 1.72. The minimum absolute atomic E-state index is 0.00817. The second-order valence-electron chi connectivity index (χ2n) is 11.0. The van der Waals surface area contributed by atoms with Gasteiger partial charge in [0.25, 0.3) is 0 Å². The Morgan fingerprint density at radius 3 is 1.80 bits per heavy atom.